The van der Waals surface area contributed by atoms with Gasteiger partial charge in [0, 0.05) is 31.4 Å². The standard InChI is InChI=1S/C29H30ClN7O4/c1-4-5-10-24-31-26(30)25(29(40)22(38)15-28(2,3)16-23(29)39)36(24)17-18-11-13-19(14-12-18)20-8-6-7-9-21(20)27-32-33-34-37(27)35-41/h6-9,11-14,40H,4-5,10,15-17H2,1-3H3. The molecule has 2 heterocycles. The topological polar surface area (TPSA) is 145 Å². The third-order valence-corrected chi connectivity index (χ3v) is 7.75. The van der Waals surface area contributed by atoms with Gasteiger partial charge in [0.2, 0.25) is 11.4 Å². The second kappa shape index (κ2) is 11.1. The Labute approximate surface area is 241 Å². The number of hydrogen-bond acceptors (Lipinski definition) is 9. The summed E-state index contributed by atoms with van der Waals surface area (Å²) < 4.78 is 1.72. The van der Waals surface area contributed by atoms with Gasteiger partial charge in [0.25, 0.3) is 0 Å². The van der Waals surface area contributed by atoms with Crippen LogP contribution in [0, 0.1) is 10.3 Å². The highest BCUT2D eigenvalue weighted by molar-refractivity contribution is 6.31. The van der Waals surface area contributed by atoms with Crippen LogP contribution in [0.25, 0.3) is 22.5 Å². The molecule has 212 valence electrons. The minimum Gasteiger partial charge on any atom is -0.370 e. The smallest absolute Gasteiger partial charge is 0.225 e. The molecule has 5 rings (SSSR count). The van der Waals surface area contributed by atoms with Gasteiger partial charge in [0.1, 0.15) is 11.5 Å². The van der Waals surface area contributed by atoms with Gasteiger partial charge < -0.3 is 9.67 Å². The van der Waals surface area contributed by atoms with E-state index in [0.717, 1.165) is 34.3 Å². The minimum absolute atomic E-state index is 0.0351. The first-order chi connectivity index (χ1) is 19.6. The van der Waals surface area contributed by atoms with Crippen LogP contribution in [0.2, 0.25) is 5.15 Å². The Kier molecular flexibility index (Phi) is 7.67. The van der Waals surface area contributed by atoms with E-state index in [1.807, 2.05) is 56.3 Å². The van der Waals surface area contributed by atoms with Crippen LogP contribution in [0.3, 0.4) is 0 Å². The highest BCUT2D eigenvalue weighted by Gasteiger charge is 2.55. The number of nitroso groups, excluding NO2 is 1. The summed E-state index contributed by atoms with van der Waals surface area (Å²) in [5.74, 6) is -0.310. The van der Waals surface area contributed by atoms with Crippen LogP contribution in [-0.4, -0.2) is 46.5 Å². The Morgan fingerprint density at radius 2 is 1.68 bits per heavy atom. The molecule has 0 bridgehead atoms. The number of aliphatic hydroxyl groups is 1. The third kappa shape index (κ3) is 5.22. The molecule has 0 unspecified atom stereocenters. The molecular weight excluding hydrogens is 546 g/mol. The summed E-state index contributed by atoms with van der Waals surface area (Å²) in [5.41, 5.74) is 0.272. The van der Waals surface area contributed by atoms with Gasteiger partial charge >= 0.3 is 0 Å². The van der Waals surface area contributed by atoms with E-state index < -0.39 is 22.6 Å². The van der Waals surface area contributed by atoms with E-state index >= 15 is 0 Å². The quantitative estimate of drug-likeness (QED) is 0.218. The molecular formula is C29H30ClN7O4. The fourth-order valence-corrected chi connectivity index (χ4v) is 5.75. The van der Waals surface area contributed by atoms with E-state index in [2.05, 4.69) is 32.7 Å². The average Bonchev–Trinajstić information content (AvgIpc) is 3.54. The molecule has 1 fully saturated rings. The van der Waals surface area contributed by atoms with Crippen molar-refractivity contribution in [3.05, 3.63) is 75.7 Å². The van der Waals surface area contributed by atoms with Gasteiger partial charge in [0.05, 0.1) is 5.29 Å². The summed E-state index contributed by atoms with van der Waals surface area (Å²) in [4.78, 5) is 43.1. The van der Waals surface area contributed by atoms with E-state index in [9.17, 15) is 19.6 Å². The first-order valence-corrected chi connectivity index (χ1v) is 13.8. The van der Waals surface area contributed by atoms with Crippen molar-refractivity contribution < 1.29 is 14.7 Å². The van der Waals surface area contributed by atoms with E-state index in [1.165, 1.54) is 0 Å². The molecule has 11 nitrogen and oxygen atoms in total. The number of carbonyl (C=O) groups is 2. The van der Waals surface area contributed by atoms with Crippen molar-refractivity contribution in [2.24, 2.45) is 10.7 Å². The number of hydrogen-bond donors (Lipinski definition) is 1. The number of benzene rings is 2. The number of aromatic nitrogens is 6. The number of halogens is 1. The maximum Gasteiger partial charge on any atom is 0.225 e. The predicted molar refractivity (Wildman–Crippen MR) is 152 cm³/mol. The van der Waals surface area contributed by atoms with Crippen LogP contribution in [-0.2, 0) is 28.2 Å². The maximum atomic E-state index is 13.3. The van der Waals surface area contributed by atoms with Crippen molar-refractivity contribution in [1.29, 1.82) is 0 Å². The predicted octanol–water partition coefficient (Wildman–Crippen LogP) is 4.92. The highest BCUT2D eigenvalue weighted by atomic mass is 35.5. The molecule has 0 radical (unpaired) electrons. The lowest BCUT2D eigenvalue weighted by Gasteiger charge is -2.37. The van der Waals surface area contributed by atoms with E-state index in [1.54, 1.807) is 10.6 Å². The largest absolute Gasteiger partial charge is 0.370 e. The van der Waals surface area contributed by atoms with Gasteiger partial charge in [-0.3, -0.25) is 9.59 Å². The number of aryl methyl sites for hydroxylation is 1. The maximum absolute atomic E-state index is 13.3. The lowest BCUT2D eigenvalue weighted by molar-refractivity contribution is -0.160. The van der Waals surface area contributed by atoms with Gasteiger partial charge in [-0.05, 0) is 39.0 Å². The lowest BCUT2D eigenvalue weighted by atomic mass is 9.68. The number of imidazole rings is 1. The first-order valence-electron chi connectivity index (χ1n) is 13.4. The fraction of sp³-hybridized carbons (Fsp3) is 0.379. The van der Waals surface area contributed by atoms with Crippen LogP contribution in [0.5, 0.6) is 0 Å². The number of carbonyl (C=O) groups excluding carboxylic acids is 2. The molecule has 0 aliphatic heterocycles. The molecule has 1 N–H and O–H groups in total. The summed E-state index contributed by atoms with van der Waals surface area (Å²) in [7, 11) is 0. The van der Waals surface area contributed by atoms with Crippen molar-refractivity contribution in [2.75, 3.05) is 0 Å². The van der Waals surface area contributed by atoms with E-state index in [4.69, 9.17) is 11.6 Å². The SMILES string of the molecule is CCCCc1nc(Cl)c(C2(O)C(=O)CC(C)(C)CC2=O)n1Cc1ccc(-c2ccccc2-c2nnnn2N=O)cc1. The van der Waals surface area contributed by atoms with Crippen LogP contribution in [0.4, 0.5) is 0 Å². The van der Waals surface area contributed by atoms with Gasteiger partial charge in [-0.25, -0.2) is 4.98 Å². The van der Waals surface area contributed by atoms with Crippen LogP contribution < -0.4 is 0 Å². The van der Waals surface area contributed by atoms with Crippen LogP contribution in [0.1, 0.15) is 63.5 Å². The van der Waals surface area contributed by atoms with Gasteiger partial charge in [-0.15, -0.1) is 10.0 Å². The Hall–Kier alpha value is -4.09. The van der Waals surface area contributed by atoms with E-state index in [0.29, 0.717) is 17.8 Å². The summed E-state index contributed by atoms with van der Waals surface area (Å²) in [6, 6.07) is 15.0. The van der Waals surface area contributed by atoms with Gasteiger partial charge in [0.15, 0.2) is 16.7 Å². The zero-order valence-corrected chi connectivity index (χ0v) is 23.8. The monoisotopic (exact) mass is 575 g/mol. The third-order valence-electron chi connectivity index (χ3n) is 7.49. The Bertz CT molecular complexity index is 1600. The Balaban J connectivity index is 1.53. The zero-order valence-electron chi connectivity index (χ0n) is 23.0. The number of tetrazole rings is 1. The number of nitrogens with zero attached hydrogens (tertiary/aromatic N) is 7. The van der Waals surface area contributed by atoms with Crippen molar-refractivity contribution in [2.45, 2.75) is 65.0 Å². The molecule has 0 saturated heterocycles. The zero-order chi connectivity index (χ0) is 29.4. The summed E-state index contributed by atoms with van der Waals surface area (Å²) in [6.45, 7) is 5.97. The molecule has 1 aliphatic carbocycles. The summed E-state index contributed by atoms with van der Waals surface area (Å²) >= 11 is 6.57. The van der Waals surface area contributed by atoms with Crippen molar-refractivity contribution >= 4 is 23.2 Å². The minimum atomic E-state index is -2.35. The normalized spacial score (nSPS) is 16.2. The molecule has 2 aromatic carbocycles. The first kappa shape index (κ1) is 28.4. The fourth-order valence-electron chi connectivity index (χ4n) is 5.42. The average molecular weight is 576 g/mol. The molecule has 2 aromatic heterocycles. The summed E-state index contributed by atoms with van der Waals surface area (Å²) in [6.07, 6.45) is 2.42. The lowest BCUT2D eigenvalue weighted by Crippen LogP contribution is -2.52. The Morgan fingerprint density at radius 1 is 1.02 bits per heavy atom. The second-order valence-electron chi connectivity index (χ2n) is 11.1. The van der Waals surface area contributed by atoms with E-state index in [-0.39, 0.29) is 36.1 Å². The molecule has 41 heavy (non-hydrogen) atoms. The molecule has 4 aromatic rings. The molecule has 1 aliphatic rings. The van der Waals surface area contributed by atoms with Gasteiger partial charge in [-0.2, -0.15) is 0 Å². The second-order valence-corrected chi connectivity index (χ2v) is 11.5. The van der Waals surface area contributed by atoms with Crippen molar-refractivity contribution in [3.63, 3.8) is 0 Å². The number of unbranched alkanes of at least 4 members (excludes halogenated alkanes) is 1. The number of ketones is 2. The molecule has 0 atom stereocenters. The molecule has 12 heteroatoms. The Morgan fingerprint density at radius 3 is 2.32 bits per heavy atom. The molecule has 0 spiro atoms. The van der Waals surface area contributed by atoms with Crippen molar-refractivity contribution in [3.8, 4) is 22.5 Å². The van der Waals surface area contributed by atoms with Crippen LogP contribution in [0.15, 0.2) is 53.8 Å². The van der Waals surface area contributed by atoms with Crippen molar-refractivity contribution in [1.82, 2.24) is 29.9 Å². The summed E-state index contributed by atoms with van der Waals surface area (Å²) in [5, 5.41) is 25.6. The molecule has 0 amide bonds. The molecule has 1 saturated carbocycles. The van der Waals surface area contributed by atoms with Gasteiger partial charge in [-0.1, -0.05) is 92.1 Å². The highest BCUT2D eigenvalue weighted by Crippen LogP contribution is 2.43. The van der Waals surface area contributed by atoms with Crippen LogP contribution >= 0.6 is 11.6 Å². The number of rotatable bonds is 9. The number of Topliss-reactive ketones (excluding diaryl/α,β-unsaturated/α-hetero) is 2.